The number of halogens is 1. The zero-order valence-corrected chi connectivity index (χ0v) is 17.0. The van der Waals surface area contributed by atoms with Crippen molar-refractivity contribution in [1.29, 1.82) is 0 Å². The minimum absolute atomic E-state index is 0.0353. The molecule has 2 aliphatic heterocycles. The van der Waals surface area contributed by atoms with Gasteiger partial charge < -0.3 is 10.2 Å². The molecule has 0 bridgehead atoms. The zero-order chi connectivity index (χ0) is 20.4. The smallest absolute Gasteiger partial charge is 0.221 e. The first-order chi connectivity index (χ1) is 14.6. The Hall–Kier alpha value is -2.88. The maximum absolute atomic E-state index is 13.7. The summed E-state index contributed by atoms with van der Waals surface area (Å²) in [6, 6.07) is 11.7. The van der Waals surface area contributed by atoms with E-state index in [-0.39, 0.29) is 17.8 Å². The van der Waals surface area contributed by atoms with Gasteiger partial charge in [-0.1, -0.05) is 36.4 Å². The molecule has 2 aromatic rings. The average Bonchev–Trinajstić information content (AvgIpc) is 3.38. The number of rotatable bonds is 2. The van der Waals surface area contributed by atoms with Gasteiger partial charge in [0.2, 0.25) is 5.91 Å². The Morgan fingerprint density at radius 3 is 2.50 bits per heavy atom. The van der Waals surface area contributed by atoms with Gasteiger partial charge in [-0.2, -0.15) is 0 Å². The lowest BCUT2D eigenvalue weighted by Gasteiger charge is -2.51. The van der Waals surface area contributed by atoms with E-state index in [4.69, 9.17) is 0 Å². The van der Waals surface area contributed by atoms with Crippen molar-refractivity contribution in [2.24, 2.45) is 11.8 Å². The third-order valence-corrected chi connectivity index (χ3v) is 7.38. The first-order valence-corrected chi connectivity index (χ1v) is 10.9. The van der Waals surface area contributed by atoms with Crippen LogP contribution in [0.5, 0.6) is 0 Å². The Balaban J connectivity index is 1.56. The summed E-state index contributed by atoms with van der Waals surface area (Å²) in [6.45, 7) is 2.58. The number of carbonyl (C=O) groups excluding carboxylic acids is 1. The van der Waals surface area contributed by atoms with Crippen molar-refractivity contribution in [2.45, 2.75) is 37.6 Å². The number of hydrogen-bond donors (Lipinski definition) is 1. The highest BCUT2D eigenvalue weighted by molar-refractivity contribution is 5.90. The van der Waals surface area contributed by atoms with Crippen LogP contribution < -0.4 is 10.2 Å². The van der Waals surface area contributed by atoms with Crippen molar-refractivity contribution in [1.82, 2.24) is 0 Å². The Morgan fingerprint density at radius 1 is 1.03 bits per heavy atom. The molecule has 1 N–H and O–H groups in total. The van der Waals surface area contributed by atoms with Crippen LogP contribution in [0.3, 0.4) is 0 Å². The van der Waals surface area contributed by atoms with E-state index >= 15 is 0 Å². The summed E-state index contributed by atoms with van der Waals surface area (Å²) in [6.07, 6.45) is 11.4. The third-order valence-electron chi connectivity index (χ3n) is 7.38. The normalized spacial score (nSPS) is 30.1. The fourth-order valence-corrected chi connectivity index (χ4v) is 6.29. The van der Waals surface area contributed by atoms with E-state index in [9.17, 15) is 9.18 Å². The molecule has 0 fully saturated rings. The quantitative estimate of drug-likeness (QED) is 0.658. The number of hydrogen-bond acceptors (Lipinski definition) is 2. The number of nitrogens with one attached hydrogen (secondary N) is 1. The number of carbonyl (C=O) groups is 1. The molecule has 6 rings (SSSR count). The maximum atomic E-state index is 13.7. The number of anilines is 2. The van der Waals surface area contributed by atoms with Crippen LogP contribution in [-0.4, -0.2) is 12.5 Å². The van der Waals surface area contributed by atoms with Crippen LogP contribution in [0.15, 0.2) is 60.7 Å². The zero-order valence-electron chi connectivity index (χ0n) is 17.0. The lowest BCUT2D eigenvalue weighted by Crippen LogP contribution is -2.46. The predicted octanol–water partition coefficient (Wildman–Crippen LogP) is 5.68. The first kappa shape index (κ1) is 17.9. The molecule has 0 spiro atoms. The first-order valence-electron chi connectivity index (χ1n) is 10.9. The molecular weight excluding hydrogens is 375 g/mol. The van der Waals surface area contributed by atoms with Crippen molar-refractivity contribution in [2.75, 3.05) is 16.8 Å². The lowest BCUT2D eigenvalue weighted by atomic mass is 9.70. The van der Waals surface area contributed by atoms with E-state index in [1.54, 1.807) is 19.1 Å². The number of allylic oxidation sites excluding steroid dienone is 4. The van der Waals surface area contributed by atoms with Crippen LogP contribution in [0, 0.1) is 17.7 Å². The van der Waals surface area contributed by atoms with Crippen molar-refractivity contribution in [3.05, 3.63) is 83.2 Å². The molecule has 1 amide bonds. The van der Waals surface area contributed by atoms with Crippen molar-refractivity contribution in [3.8, 4) is 0 Å². The molecule has 2 heterocycles. The summed E-state index contributed by atoms with van der Waals surface area (Å²) in [4.78, 5) is 14.4. The highest BCUT2D eigenvalue weighted by atomic mass is 19.1. The number of amides is 1. The van der Waals surface area contributed by atoms with Crippen LogP contribution in [-0.2, 0) is 4.79 Å². The second-order valence-electron chi connectivity index (χ2n) is 9.14. The number of nitrogens with zero attached hydrogens (tertiary/aromatic N) is 1. The van der Waals surface area contributed by atoms with Gasteiger partial charge in [-0.3, -0.25) is 4.79 Å². The molecule has 30 heavy (non-hydrogen) atoms. The van der Waals surface area contributed by atoms with Crippen molar-refractivity contribution < 1.29 is 9.18 Å². The summed E-state index contributed by atoms with van der Waals surface area (Å²) in [5.41, 5.74) is 6.08. The molecule has 5 atom stereocenters. The molecule has 0 radical (unpaired) electrons. The van der Waals surface area contributed by atoms with Gasteiger partial charge >= 0.3 is 0 Å². The van der Waals surface area contributed by atoms with E-state index in [0.717, 1.165) is 25.1 Å². The standard InChI is InChI=1S/C26H25FN2O/c1-15(30)28-19-12-23-20-5-2-4-17(20)14-29-25(16-8-10-18(27)11-9-16)22-7-3-6-21(22)24(13-19)26(23)29/h2-3,5-6,8-13,17,20-22,25H,4,7,14H2,1H3,(H,28,30)/t17-,20+,21-,22-,25+/m1/s1. The summed E-state index contributed by atoms with van der Waals surface area (Å²) in [7, 11) is 0. The molecule has 2 aromatic carbocycles. The third kappa shape index (κ3) is 2.59. The lowest BCUT2D eigenvalue weighted by molar-refractivity contribution is -0.114. The van der Waals surface area contributed by atoms with Crippen LogP contribution in [0.25, 0.3) is 0 Å². The second kappa shape index (κ2) is 6.56. The van der Waals surface area contributed by atoms with E-state index < -0.39 is 0 Å². The fraction of sp³-hybridized carbons (Fsp3) is 0.346. The van der Waals surface area contributed by atoms with Crippen LogP contribution in [0.2, 0.25) is 0 Å². The summed E-state index contributed by atoms with van der Waals surface area (Å²) in [5, 5.41) is 3.03. The Morgan fingerprint density at radius 2 is 1.73 bits per heavy atom. The van der Waals surface area contributed by atoms with Crippen LogP contribution in [0.4, 0.5) is 15.8 Å². The van der Waals surface area contributed by atoms with E-state index in [1.165, 1.54) is 22.4 Å². The number of benzene rings is 2. The molecule has 0 aromatic heterocycles. The average molecular weight is 400 g/mol. The fourth-order valence-electron chi connectivity index (χ4n) is 6.29. The van der Waals surface area contributed by atoms with Gasteiger partial charge in [0.05, 0.1) is 6.04 Å². The molecule has 0 saturated carbocycles. The van der Waals surface area contributed by atoms with Crippen molar-refractivity contribution >= 4 is 17.3 Å². The molecule has 0 saturated heterocycles. The molecule has 4 aliphatic rings. The highest BCUT2D eigenvalue weighted by Crippen LogP contribution is 2.59. The van der Waals surface area contributed by atoms with Gasteiger partial charge in [-0.25, -0.2) is 4.39 Å². The van der Waals surface area contributed by atoms with Gasteiger partial charge in [0.1, 0.15) is 5.82 Å². The minimum Gasteiger partial charge on any atom is -0.363 e. The van der Waals surface area contributed by atoms with Crippen molar-refractivity contribution in [3.63, 3.8) is 0 Å². The maximum Gasteiger partial charge on any atom is 0.221 e. The topological polar surface area (TPSA) is 32.3 Å². The molecule has 0 unspecified atom stereocenters. The summed E-state index contributed by atoms with van der Waals surface area (Å²) >= 11 is 0. The Kier molecular flexibility index (Phi) is 3.92. The molecule has 3 nitrogen and oxygen atoms in total. The molecular formula is C26H25FN2O. The molecule has 4 heteroatoms. The van der Waals surface area contributed by atoms with Gasteiger partial charge in [0, 0.05) is 36.7 Å². The monoisotopic (exact) mass is 400 g/mol. The van der Waals surface area contributed by atoms with Crippen LogP contribution >= 0.6 is 0 Å². The SMILES string of the molecule is CC(=O)Nc1cc2c3c(c1)[C@@H]1C=CC[C@H]1[C@H](c1ccc(F)cc1)N3C[C@H]1CC=C[C@H]21. The molecule has 2 aliphatic carbocycles. The van der Waals surface area contributed by atoms with Gasteiger partial charge in [0.15, 0.2) is 0 Å². The van der Waals surface area contributed by atoms with Gasteiger partial charge in [-0.15, -0.1) is 0 Å². The van der Waals surface area contributed by atoms with E-state index in [2.05, 4.69) is 46.7 Å². The predicted molar refractivity (Wildman–Crippen MR) is 117 cm³/mol. The van der Waals surface area contributed by atoms with Gasteiger partial charge in [-0.05, 0) is 65.6 Å². The second-order valence-corrected chi connectivity index (χ2v) is 9.14. The minimum atomic E-state index is -0.185. The Labute approximate surface area is 176 Å². The highest BCUT2D eigenvalue weighted by Gasteiger charge is 2.47. The largest absolute Gasteiger partial charge is 0.363 e. The molecule has 152 valence electrons. The Bertz CT molecular complexity index is 1070. The summed E-state index contributed by atoms with van der Waals surface area (Å²) in [5.74, 6) is 1.48. The van der Waals surface area contributed by atoms with E-state index in [1.807, 2.05) is 12.1 Å². The van der Waals surface area contributed by atoms with E-state index in [0.29, 0.717) is 23.7 Å². The summed E-state index contributed by atoms with van der Waals surface area (Å²) < 4.78 is 13.7. The van der Waals surface area contributed by atoms with Crippen LogP contribution in [0.1, 0.15) is 54.3 Å². The number of fused-ring (bicyclic) bond motifs is 4. The van der Waals surface area contributed by atoms with Gasteiger partial charge in [0.25, 0.3) is 0 Å².